The molecule has 14 heavy (non-hydrogen) atoms. The van der Waals surface area contributed by atoms with Crippen LogP contribution in [0.4, 0.5) is 4.79 Å². The topological polar surface area (TPSA) is 55.8 Å². The van der Waals surface area contributed by atoms with Crippen molar-refractivity contribution in [3.8, 4) is 0 Å². The Morgan fingerprint density at radius 3 is 2.29 bits per heavy atom. The summed E-state index contributed by atoms with van der Waals surface area (Å²) in [5.74, 6) is -0.0920. The van der Waals surface area contributed by atoms with Crippen LogP contribution in [-0.4, -0.2) is 37.3 Å². The van der Waals surface area contributed by atoms with Crippen LogP contribution in [-0.2, 0) is 14.3 Å². The van der Waals surface area contributed by atoms with Crippen molar-refractivity contribution in [3.05, 3.63) is 0 Å². The Kier molecular flexibility index (Phi) is 5.67. The molecule has 0 aromatic rings. The van der Waals surface area contributed by atoms with Crippen LogP contribution in [0.25, 0.3) is 0 Å². The molecule has 0 radical (unpaired) electrons. The molecule has 0 aliphatic rings. The quantitative estimate of drug-likeness (QED) is 0.509. The highest BCUT2D eigenvalue weighted by atomic mass is 16.7. The summed E-state index contributed by atoms with van der Waals surface area (Å²) in [5, 5.41) is 0. The minimum Gasteiger partial charge on any atom is -0.428 e. The normalized spacial score (nSPS) is 9.79. The van der Waals surface area contributed by atoms with Crippen molar-refractivity contribution in [3.63, 3.8) is 0 Å². The molecule has 0 heterocycles. The Labute approximate surface area is 84.0 Å². The van der Waals surface area contributed by atoms with E-state index in [0.717, 1.165) is 0 Å². The number of nitrogens with zero attached hydrogens (tertiary/aromatic N) is 1. The fourth-order valence-electron chi connectivity index (χ4n) is 0.895. The lowest BCUT2D eigenvalue weighted by molar-refractivity contribution is -0.149. The third-order valence-electron chi connectivity index (χ3n) is 1.40. The van der Waals surface area contributed by atoms with Crippen molar-refractivity contribution in [1.82, 2.24) is 4.90 Å². The molecule has 0 saturated carbocycles. The van der Waals surface area contributed by atoms with E-state index in [-0.39, 0.29) is 6.79 Å². The van der Waals surface area contributed by atoms with Crippen molar-refractivity contribution >= 4 is 12.1 Å². The third kappa shape index (κ3) is 6.28. The predicted molar refractivity (Wildman–Crippen MR) is 50.6 cm³/mol. The number of ether oxygens (including phenoxy) is 2. The molecule has 0 bridgehead atoms. The number of carbonyl (C=O) groups is 2. The average molecular weight is 203 g/mol. The molecule has 0 rings (SSSR count). The largest absolute Gasteiger partial charge is 0.428 e. The first kappa shape index (κ1) is 12.7. The lowest BCUT2D eigenvalue weighted by Gasteiger charge is -2.18. The highest BCUT2D eigenvalue weighted by Crippen LogP contribution is 1.98. The molecule has 0 fully saturated rings. The third-order valence-corrected chi connectivity index (χ3v) is 1.40. The summed E-state index contributed by atoms with van der Waals surface area (Å²) in [6.07, 6.45) is -0.486. The first-order valence-electron chi connectivity index (χ1n) is 4.44. The van der Waals surface area contributed by atoms with Gasteiger partial charge in [-0.25, -0.2) is 4.79 Å². The van der Waals surface area contributed by atoms with E-state index in [0.29, 0.717) is 12.5 Å². The summed E-state index contributed by atoms with van der Waals surface area (Å²) < 4.78 is 9.12. The smallest absolute Gasteiger partial charge is 0.412 e. The Balaban J connectivity index is 3.67. The van der Waals surface area contributed by atoms with Crippen LogP contribution in [0.3, 0.4) is 0 Å². The van der Waals surface area contributed by atoms with E-state index >= 15 is 0 Å². The van der Waals surface area contributed by atoms with Crippen molar-refractivity contribution in [2.75, 3.05) is 20.4 Å². The van der Waals surface area contributed by atoms with Gasteiger partial charge in [-0.2, -0.15) is 0 Å². The zero-order chi connectivity index (χ0) is 11.1. The molecule has 5 nitrogen and oxygen atoms in total. The maximum Gasteiger partial charge on any atom is 0.412 e. The molecular formula is C9H17NO4. The minimum absolute atomic E-state index is 0.323. The van der Waals surface area contributed by atoms with Gasteiger partial charge in [0.1, 0.15) is 0 Å². The maximum absolute atomic E-state index is 11.2. The number of rotatable bonds is 4. The Hall–Kier alpha value is -1.26. The number of hydrogen-bond donors (Lipinski definition) is 0. The van der Waals surface area contributed by atoms with Gasteiger partial charge in [0, 0.05) is 20.5 Å². The standard InChI is InChI=1S/C9H17NO4/c1-7(2)5-10(4)9(12)14-6-13-8(3)11/h7H,5-6H2,1-4H3. The van der Waals surface area contributed by atoms with Crippen LogP contribution in [0.2, 0.25) is 0 Å². The molecule has 0 N–H and O–H groups in total. The van der Waals surface area contributed by atoms with Gasteiger partial charge in [0.05, 0.1) is 0 Å². The minimum atomic E-state index is -0.486. The molecule has 82 valence electrons. The average Bonchev–Trinajstić information content (AvgIpc) is 2.01. The summed E-state index contributed by atoms with van der Waals surface area (Å²) in [4.78, 5) is 23.0. The van der Waals surface area contributed by atoms with Crippen LogP contribution in [0, 0.1) is 5.92 Å². The second kappa shape index (κ2) is 6.23. The Morgan fingerprint density at radius 2 is 1.86 bits per heavy atom. The maximum atomic E-state index is 11.2. The van der Waals surface area contributed by atoms with E-state index in [2.05, 4.69) is 9.47 Å². The molecular weight excluding hydrogens is 186 g/mol. The SMILES string of the molecule is CC(=O)OCOC(=O)N(C)CC(C)C. The lowest BCUT2D eigenvalue weighted by Crippen LogP contribution is -2.31. The number of carbonyl (C=O) groups excluding carboxylic acids is 2. The van der Waals surface area contributed by atoms with E-state index in [9.17, 15) is 9.59 Å². The first-order chi connectivity index (χ1) is 6.43. The summed E-state index contributed by atoms with van der Waals surface area (Å²) >= 11 is 0. The summed E-state index contributed by atoms with van der Waals surface area (Å²) in [6.45, 7) is 5.53. The molecule has 0 spiro atoms. The molecule has 0 aromatic heterocycles. The van der Waals surface area contributed by atoms with Gasteiger partial charge < -0.3 is 14.4 Å². The van der Waals surface area contributed by atoms with Crippen LogP contribution < -0.4 is 0 Å². The number of hydrogen-bond acceptors (Lipinski definition) is 4. The fraction of sp³-hybridized carbons (Fsp3) is 0.778. The zero-order valence-electron chi connectivity index (χ0n) is 9.07. The molecule has 5 heteroatoms. The fourth-order valence-corrected chi connectivity index (χ4v) is 0.895. The van der Waals surface area contributed by atoms with Crippen LogP contribution in [0.1, 0.15) is 20.8 Å². The molecule has 0 aliphatic carbocycles. The molecule has 0 saturated heterocycles. The molecule has 0 unspecified atom stereocenters. The molecule has 0 aromatic carbocycles. The van der Waals surface area contributed by atoms with E-state index in [4.69, 9.17) is 0 Å². The summed E-state index contributed by atoms with van der Waals surface area (Å²) in [5.41, 5.74) is 0. The highest BCUT2D eigenvalue weighted by molar-refractivity contribution is 5.68. The van der Waals surface area contributed by atoms with Gasteiger partial charge in [-0.3, -0.25) is 4.79 Å². The molecule has 1 amide bonds. The predicted octanol–water partition coefficient (Wildman–Crippen LogP) is 1.23. The van der Waals surface area contributed by atoms with Crippen molar-refractivity contribution in [2.24, 2.45) is 5.92 Å². The van der Waals surface area contributed by atoms with Gasteiger partial charge in [-0.15, -0.1) is 0 Å². The highest BCUT2D eigenvalue weighted by Gasteiger charge is 2.11. The second-order valence-corrected chi connectivity index (χ2v) is 3.44. The van der Waals surface area contributed by atoms with E-state index in [1.54, 1.807) is 7.05 Å². The van der Waals surface area contributed by atoms with Gasteiger partial charge in [-0.1, -0.05) is 13.8 Å². The number of esters is 1. The Morgan fingerprint density at radius 1 is 1.29 bits per heavy atom. The summed E-state index contributed by atoms with van der Waals surface area (Å²) in [6, 6.07) is 0. The van der Waals surface area contributed by atoms with Gasteiger partial charge >= 0.3 is 12.1 Å². The van der Waals surface area contributed by atoms with Crippen LogP contribution in [0.15, 0.2) is 0 Å². The number of amides is 1. The summed E-state index contributed by atoms with van der Waals surface area (Å²) in [7, 11) is 1.64. The van der Waals surface area contributed by atoms with Crippen molar-refractivity contribution in [1.29, 1.82) is 0 Å². The van der Waals surface area contributed by atoms with Gasteiger partial charge in [0.15, 0.2) is 0 Å². The van der Waals surface area contributed by atoms with Crippen LogP contribution >= 0.6 is 0 Å². The van der Waals surface area contributed by atoms with E-state index in [1.165, 1.54) is 11.8 Å². The monoisotopic (exact) mass is 203 g/mol. The lowest BCUT2D eigenvalue weighted by atomic mass is 10.2. The second-order valence-electron chi connectivity index (χ2n) is 3.44. The zero-order valence-corrected chi connectivity index (χ0v) is 9.07. The first-order valence-corrected chi connectivity index (χ1v) is 4.44. The van der Waals surface area contributed by atoms with Crippen molar-refractivity contribution < 1.29 is 19.1 Å². The Bertz CT molecular complexity index is 203. The molecule has 0 atom stereocenters. The van der Waals surface area contributed by atoms with Gasteiger partial charge in [0.2, 0.25) is 6.79 Å². The van der Waals surface area contributed by atoms with E-state index < -0.39 is 12.1 Å². The van der Waals surface area contributed by atoms with E-state index in [1.807, 2.05) is 13.8 Å². The molecule has 0 aliphatic heterocycles. The van der Waals surface area contributed by atoms with Crippen molar-refractivity contribution in [2.45, 2.75) is 20.8 Å². The van der Waals surface area contributed by atoms with Gasteiger partial charge in [-0.05, 0) is 5.92 Å². The van der Waals surface area contributed by atoms with Gasteiger partial charge in [0.25, 0.3) is 0 Å². The van der Waals surface area contributed by atoms with Crippen LogP contribution in [0.5, 0.6) is 0 Å².